The van der Waals surface area contributed by atoms with Crippen LogP contribution in [0.3, 0.4) is 0 Å². The molecule has 3 aliphatic heterocycles. The highest BCUT2D eigenvalue weighted by atomic mass is 35.5. The number of carbonyl (C=O) groups excluding carboxylic acids is 2. The van der Waals surface area contributed by atoms with Gasteiger partial charge in [0.2, 0.25) is 5.91 Å². The number of amides is 2. The minimum Gasteiger partial charge on any atom is -0.387 e. The molecule has 3 saturated heterocycles. The van der Waals surface area contributed by atoms with Gasteiger partial charge in [0.05, 0.1) is 17.7 Å². The molecule has 0 radical (unpaired) electrons. The summed E-state index contributed by atoms with van der Waals surface area (Å²) < 4.78 is 30.3. The number of aliphatic hydroxyl groups is 1. The topological polar surface area (TPSA) is 96.3 Å². The third-order valence-electron chi connectivity index (χ3n) is 12.4. The van der Waals surface area contributed by atoms with Crippen molar-refractivity contribution >= 4 is 29.2 Å². The number of anilines is 1. The Morgan fingerprint density at radius 1 is 0.807 bits per heavy atom. The fourth-order valence-corrected chi connectivity index (χ4v) is 9.30. The number of hydrogen-bond acceptors (Lipinski definition) is 8. The molecule has 300 valence electrons. The highest BCUT2D eigenvalue weighted by Crippen LogP contribution is 2.43. The van der Waals surface area contributed by atoms with Crippen LogP contribution in [0.1, 0.15) is 71.3 Å². The lowest BCUT2D eigenvalue weighted by atomic mass is 9.92. The average molecular weight is 798 g/mol. The summed E-state index contributed by atoms with van der Waals surface area (Å²) in [4.78, 5) is 47.1. The maximum absolute atomic E-state index is 15.1. The fourth-order valence-electron chi connectivity index (χ4n) is 9.18. The highest BCUT2D eigenvalue weighted by Gasteiger charge is 2.36. The van der Waals surface area contributed by atoms with E-state index in [1.54, 1.807) is 29.2 Å². The monoisotopic (exact) mass is 797 g/mol. The number of rotatable bonds is 9. The van der Waals surface area contributed by atoms with Crippen LogP contribution in [0.2, 0.25) is 5.02 Å². The maximum atomic E-state index is 15.1. The number of aliphatic hydroxyl groups excluding tert-OH is 1. The van der Waals surface area contributed by atoms with Crippen molar-refractivity contribution in [1.29, 1.82) is 0 Å². The lowest BCUT2D eigenvalue weighted by Crippen LogP contribution is -2.52. The SMILES string of the molecule is C[C@@H]1C[C@@H](O)c2ncnc(N3CCN(C(=O)[C@H](CN4CCC(CN5CCN(C(=O)c6c(F)cc(-c7ccccc7)cc6F)CC5)CC4)c4ccc(Cl)cc4)CC3)c21. The van der Waals surface area contributed by atoms with Crippen LogP contribution in [0.5, 0.6) is 0 Å². The van der Waals surface area contributed by atoms with Gasteiger partial charge in [-0.1, -0.05) is 61.0 Å². The third-order valence-corrected chi connectivity index (χ3v) is 12.7. The average Bonchev–Trinajstić information content (AvgIpc) is 3.53. The third kappa shape index (κ3) is 8.55. The molecule has 0 saturated carbocycles. The first-order chi connectivity index (χ1) is 27.6. The Morgan fingerprint density at radius 3 is 2.12 bits per heavy atom. The number of fused-ring (bicyclic) bond motifs is 1. The molecule has 0 bridgehead atoms. The molecule has 8 rings (SSSR count). The highest BCUT2D eigenvalue weighted by molar-refractivity contribution is 6.30. The minimum atomic E-state index is -0.839. The predicted molar refractivity (Wildman–Crippen MR) is 216 cm³/mol. The fraction of sp³-hybridized carbons (Fsp3) is 0.455. The van der Waals surface area contributed by atoms with Gasteiger partial charge in [0, 0.05) is 76.0 Å². The number of hydrogen-bond donors (Lipinski definition) is 1. The van der Waals surface area contributed by atoms with Gasteiger partial charge in [-0.3, -0.25) is 14.5 Å². The van der Waals surface area contributed by atoms with E-state index in [1.807, 2.05) is 35.2 Å². The van der Waals surface area contributed by atoms with Crippen LogP contribution < -0.4 is 4.90 Å². The second-order valence-electron chi connectivity index (χ2n) is 16.1. The Kier molecular flexibility index (Phi) is 11.8. The van der Waals surface area contributed by atoms with Crippen molar-refractivity contribution in [2.45, 2.75) is 44.1 Å². The van der Waals surface area contributed by atoms with E-state index >= 15 is 8.78 Å². The number of carbonyl (C=O) groups is 2. The summed E-state index contributed by atoms with van der Waals surface area (Å²) in [6.45, 7) is 10.0. The molecular formula is C44H50ClF2N7O3. The van der Waals surface area contributed by atoms with E-state index in [0.717, 1.165) is 55.1 Å². The van der Waals surface area contributed by atoms with Gasteiger partial charge < -0.3 is 24.7 Å². The van der Waals surface area contributed by atoms with Crippen molar-refractivity contribution in [3.05, 3.63) is 112 Å². The molecule has 0 spiro atoms. The molecule has 57 heavy (non-hydrogen) atoms. The van der Waals surface area contributed by atoms with E-state index in [1.165, 1.54) is 18.5 Å². The maximum Gasteiger partial charge on any atom is 0.259 e. The Bertz CT molecular complexity index is 2030. The van der Waals surface area contributed by atoms with Crippen molar-refractivity contribution in [2.75, 3.05) is 83.4 Å². The lowest BCUT2D eigenvalue weighted by Gasteiger charge is -2.40. The van der Waals surface area contributed by atoms with Crippen molar-refractivity contribution < 1.29 is 23.5 Å². The Labute approximate surface area is 338 Å². The standard InChI is InChI=1S/C44H50ClF2N7O3/c1-29-23-38(55)41-39(29)42(49-28-48-41)52-19-21-53(22-20-52)43(56)35(32-7-9-34(45)10-8-32)27-50-13-11-30(12-14-50)26-51-15-17-54(18-16-51)44(57)40-36(46)24-33(25-37(40)47)31-5-3-2-4-6-31/h2-10,24-25,28-30,35,38,55H,11-23,26-27H2,1H3/t29-,35-,38-/m1/s1. The van der Waals surface area contributed by atoms with Crippen LogP contribution in [-0.4, -0.2) is 125 Å². The van der Waals surface area contributed by atoms with Gasteiger partial charge in [-0.25, -0.2) is 18.7 Å². The second kappa shape index (κ2) is 17.2. The molecule has 4 heterocycles. The number of nitrogens with zero attached hydrogens (tertiary/aromatic N) is 7. The van der Waals surface area contributed by atoms with E-state index in [2.05, 4.69) is 31.6 Å². The number of likely N-dealkylation sites (tertiary alicyclic amines) is 1. The van der Waals surface area contributed by atoms with Gasteiger partial charge in [0.15, 0.2) is 0 Å². The Hall–Kier alpha value is -4.49. The van der Waals surface area contributed by atoms with Gasteiger partial charge >= 0.3 is 0 Å². The number of halogens is 3. The summed E-state index contributed by atoms with van der Waals surface area (Å²) in [6.07, 6.45) is 3.63. The van der Waals surface area contributed by atoms with E-state index < -0.39 is 29.2 Å². The normalized spacial score (nSPS) is 21.5. The number of piperazine rings is 2. The molecule has 3 fully saturated rings. The summed E-state index contributed by atoms with van der Waals surface area (Å²) in [7, 11) is 0. The number of benzene rings is 3. The largest absolute Gasteiger partial charge is 0.387 e. The van der Waals surface area contributed by atoms with Gasteiger partial charge in [-0.05, 0) is 85.1 Å². The second-order valence-corrected chi connectivity index (χ2v) is 16.5. The smallest absolute Gasteiger partial charge is 0.259 e. The molecule has 3 aromatic carbocycles. The quantitative estimate of drug-likeness (QED) is 0.214. The Balaban J connectivity index is 0.834. The van der Waals surface area contributed by atoms with Gasteiger partial charge in [-0.2, -0.15) is 0 Å². The summed E-state index contributed by atoms with van der Waals surface area (Å²) in [6, 6.07) is 19.1. The van der Waals surface area contributed by atoms with Crippen LogP contribution in [-0.2, 0) is 4.79 Å². The van der Waals surface area contributed by atoms with E-state index in [0.29, 0.717) is 87.4 Å². The van der Waals surface area contributed by atoms with Crippen molar-refractivity contribution in [3.63, 3.8) is 0 Å². The molecule has 1 aliphatic carbocycles. The van der Waals surface area contributed by atoms with Gasteiger partial charge in [0.1, 0.15) is 29.3 Å². The summed E-state index contributed by atoms with van der Waals surface area (Å²) in [5, 5.41) is 11.1. The van der Waals surface area contributed by atoms with E-state index in [-0.39, 0.29) is 17.7 Å². The molecule has 2 amide bonds. The first-order valence-electron chi connectivity index (χ1n) is 20.2. The molecule has 4 aliphatic rings. The molecule has 4 aromatic rings. The Morgan fingerprint density at radius 2 is 1.46 bits per heavy atom. The zero-order valence-electron chi connectivity index (χ0n) is 32.4. The first-order valence-corrected chi connectivity index (χ1v) is 20.6. The zero-order chi connectivity index (χ0) is 39.6. The van der Waals surface area contributed by atoms with E-state index in [9.17, 15) is 14.7 Å². The molecule has 1 aromatic heterocycles. The van der Waals surface area contributed by atoms with Crippen LogP contribution in [0.25, 0.3) is 11.1 Å². The molecule has 13 heteroatoms. The summed E-state index contributed by atoms with van der Waals surface area (Å²) in [5.74, 6) is -0.947. The molecule has 1 N–H and O–H groups in total. The van der Waals surface area contributed by atoms with Gasteiger partial charge in [-0.15, -0.1) is 0 Å². The molecule has 3 atom stereocenters. The number of aromatic nitrogens is 2. The first kappa shape index (κ1) is 39.3. The van der Waals surface area contributed by atoms with Crippen LogP contribution >= 0.6 is 11.6 Å². The van der Waals surface area contributed by atoms with Crippen molar-refractivity contribution in [1.82, 2.24) is 29.6 Å². The number of piperidine rings is 1. The zero-order valence-corrected chi connectivity index (χ0v) is 33.1. The van der Waals surface area contributed by atoms with E-state index in [4.69, 9.17) is 11.6 Å². The van der Waals surface area contributed by atoms with Crippen molar-refractivity contribution in [2.24, 2.45) is 5.92 Å². The van der Waals surface area contributed by atoms with Crippen LogP contribution in [0.4, 0.5) is 14.6 Å². The predicted octanol–water partition coefficient (Wildman–Crippen LogP) is 6.22. The van der Waals surface area contributed by atoms with Crippen LogP contribution in [0.15, 0.2) is 73.1 Å². The van der Waals surface area contributed by atoms with Gasteiger partial charge in [0.25, 0.3) is 5.91 Å². The molecule has 0 unspecified atom stereocenters. The lowest BCUT2D eigenvalue weighted by molar-refractivity contribution is -0.133. The minimum absolute atomic E-state index is 0.120. The summed E-state index contributed by atoms with van der Waals surface area (Å²) >= 11 is 6.26. The van der Waals surface area contributed by atoms with Crippen LogP contribution in [0, 0.1) is 17.6 Å². The van der Waals surface area contributed by atoms with Crippen molar-refractivity contribution in [3.8, 4) is 11.1 Å². The molecule has 10 nitrogen and oxygen atoms in total. The summed E-state index contributed by atoms with van der Waals surface area (Å²) in [5.41, 5.74) is 3.32. The molecular weight excluding hydrogens is 748 g/mol.